The van der Waals surface area contributed by atoms with E-state index in [0.29, 0.717) is 31.7 Å². The summed E-state index contributed by atoms with van der Waals surface area (Å²) in [6.07, 6.45) is 18.9. The average Bonchev–Trinajstić information content (AvgIpc) is 2.79. The minimum absolute atomic E-state index is 0. The van der Waals surface area contributed by atoms with Crippen molar-refractivity contribution in [3.8, 4) is 0 Å². The fraction of sp³-hybridized carbons (Fsp3) is 1.00. The van der Waals surface area contributed by atoms with Crippen molar-refractivity contribution in [2.75, 3.05) is 19.8 Å². The van der Waals surface area contributed by atoms with E-state index in [2.05, 4.69) is 34.6 Å². The zero-order valence-corrected chi connectivity index (χ0v) is 23.1. The SMILES string of the molecule is CCCCC(CC)COP(=O)(O)OCC(CC)CCCC.CCCCCCCCCCO.[CaH2]. The van der Waals surface area contributed by atoms with Crippen LogP contribution in [-0.4, -0.2) is 67.6 Å². The second-order valence-corrected chi connectivity index (χ2v) is 10.5. The van der Waals surface area contributed by atoms with Crippen molar-refractivity contribution in [1.82, 2.24) is 0 Å². The number of hydrogen-bond acceptors (Lipinski definition) is 4. The van der Waals surface area contributed by atoms with Gasteiger partial charge in [0.2, 0.25) is 0 Å². The Bertz CT molecular complexity index is 380. The summed E-state index contributed by atoms with van der Waals surface area (Å²) in [5.74, 6) is 0.687. The summed E-state index contributed by atoms with van der Waals surface area (Å²) in [5.41, 5.74) is 0. The zero-order valence-electron chi connectivity index (χ0n) is 22.2. The van der Waals surface area contributed by atoms with Crippen LogP contribution >= 0.6 is 7.82 Å². The molecule has 0 saturated carbocycles. The summed E-state index contributed by atoms with van der Waals surface area (Å²) in [6.45, 7) is 11.7. The van der Waals surface area contributed by atoms with Crippen LogP contribution in [0.1, 0.15) is 137 Å². The summed E-state index contributed by atoms with van der Waals surface area (Å²) in [7, 11) is -3.89. The van der Waals surface area contributed by atoms with E-state index >= 15 is 0 Å². The molecular weight excluding hydrogens is 463 g/mol. The summed E-state index contributed by atoms with van der Waals surface area (Å²) in [5, 5.41) is 8.51. The maximum absolute atomic E-state index is 11.9. The van der Waals surface area contributed by atoms with Gasteiger partial charge in [0.15, 0.2) is 0 Å². The van der Waals surface area contributed by atoms with Crippen molar-refractivity contribution in [3.63, 3.8) is 0 Å². The molecule has 0 aliphatic heterocycles. The first-order valence-corrected chi connectivity index (χ1v) is 15.1. The van der Waals surface area contributed by atoms with Gasteiger partial charge in [-0.15, -0.1) is 0 Å². The Morgan fingerprint density at radius 2 is 1.00 bits per heavy atom. The van der Waals surface area contributed by atoms with Gasteiger partial charge in [0.05, 0.1) is 13.2 Å². The molecule has 0 saturated heterocycles. The number of unbranched alkanes of at least 4 members (excludes halogenated alkanes) is 9. The van der Waals surface area contributed by atoms with Crippen LogP contribution in [0, 0.1) is 11.8 Å². The van der Waals surface area contributed by atoms with Crippen LogP contribution in [-0.2, 0) is 13.6 Å². The normalized spacial score (nSPS) is 14.5. The van der Waals surface area contributed by atoms with Crippen molar-refractivity contribution in [2.24, 2.45) is 11.8 Å². The molecule has 2 unspecified atom stereocenters. The summed E-state index contributed by atoms with van der Waals surface area (Å²) in [4.78, 5) is 9.77. The monoisotopic (exact) mass is 522 g/mol. The van der Waals surface area contributed by atoms with Gasteiger partial charge in [0.25, 0.3) is 0 Å². The van der Waals surface area contributed by atoms with E-state index in [1.54, 1.807) is 0 Å². The van der Waals surface area contributed by atoms with Crippen LogP contribution < -0.4 is 0 Å². The fourth-order valence-corrected chi connectivity index (χ4v) is 4.35. The number of aliphatic hydroxyl groups is 1. The number of rotatable bonds is 22. The second-order valence-electron chi connectivity index (χ2n) is 9.09. The Morgan fingerprint density at radius 1 is 0.636 bits per heavy atom. The third-order valence-corrected chi connectivity index (χ3v) is 7.00. The molecule has 0 aromatic carbocycles. The quantitative estimate of drug-likeness (QED) is 0.0863. The molecule has 5 nitrogen and oxygen atoms in total. The van der Waals surface area contributed by atoms with E-state index in [1.165, 1.54) is 44.9 Å². The second kappa shape index (κ2) is 29.6. The van der Waals surface area contributed by atoms with E-state index in [1.807, 2.05) is 0 Å². The van der Waals surface area contributed by atoms with Crippen LogP contribution in [0.15, 0.2) is 0 Å². The summed E-state index contributed by atoms with van der Waals surface area (Å²) >= 11 is 0. The van der Waals surface area contributed by atoms with Gasteiger partial charge in [0, 0.05) is 6.61 Å². The van der Waals surface area contributed by atoms with Gasteiger partial charge < -0.3 is 10.00 Å². The van der Waals surface area contributed by atoms with Crippen LogP contribution in [0.25, 0.3) is 0 Å². The molecular formula is C26H59CaO5P. The Labute approximate surface area is 236 Å². The molecule has 0 fully saturated rings. The topological polar surface area (TPSA) is 76.0 Å². The molecule has 7 heteroatoms. The first kappa shape index (κ1) is 38.9. The van der Waals surface area contributed by atoms with Crippen LogP contribution in [0.3, 0.4) is 0 Å². The predicted octanol–water partition coefficient (Wildman–Crippen LogP) is 7.76. The number of phosphoric acid groups is 1. The van der Waals surface area contributed by atoms with Crippen molar-refractivity contribution in [1.29, 1.82) is 0 Å². The molecule has 0 aromatic heterocycles. The molecule has 0 amide bonds. The van der Waals surface area contributed by atoms with E-state index in [-0.39, 0.29) is 37.7 Å². The third-order valence-electron chi connectivity index (χ3n) is 6.04. The van der Waals surface area contributed by atoms with Gasteiger partial charge in [-0.25, -0.2) is 4.57 Å². The Hall–Kier alpha value is 1.33. The zero-order chi connectivity index (χ0) is 24.5. The molecule has 0 aliphatic rings. The standard InChI is InChI=1S/C16H35O4P.C10H22O.Ca.2H/c1-5-9-11-15(7-3)13-19-21(17,18)20-14-16(8-4)12-10-6-2;1-2-3-4-5-6-7-8-9-10-11;;;/h15-16H,5-14H2,1-4H3,(H,17,18);11H,2-10H2,1H3;;;. The molecule has 0 spiro atoms. The summed E-state index contributed by atoms with van der Waals surface area (Å²) in [6, 6.07) is 0. The minimum atomic E-state index is -3.89. The van der Waals surface area contributed by atoms with Gasteiger partial charge in [-0.05, 0) is 31.1 Å². The molecule has 0 aromatic rings. The molecule has 0 aliphatic carbocycles. The van der Waals surface area contributed by atoms with E-state index in [9.17, 15) is 9.46 Å². The Morgan fingerprint density at radius 3 is 1.33 bits per heavy atom. The Balaban J connectivity index is -0.000000636. The van der Waals surface area contributed by atoms with Gasteiger partial charge in [0.1, 0.15) is 0 Å². The third kappa shape index (κ3) is 29.4. The first-order valence-electron chi connectivity index (χ1n) is 13.6. The summed E-state index contributed by atoms with van der Waals surface area (Å²) < 4.78 is 22.2. The first-order chi connectivity index (χ1) is 15.4. The fourth-order valence-electron chi connectivity index (χ4n) is 3.48. The van der Waals surface area contributed by atoms with E-state index in [0.717, 1.165) is 57.8 Å². The molecule has 0 radical (unpaired) electrons. The van der Waals surface area contributed by atoms with Gasteiger partial charge >= 0.3 is 45.6 Å². The van der Waals surface area contributed by atoms with Crippen molar-refractivity contribution in [2.45, 2.75) is 137 Å². The predicted molar refractivity (Wildman–Crippen MR) is 147 cm³/mol. The van der Waals surface area contributed by atoms with Crippen LogP contribution in [0.2, 0.25) is 0 Å². The van der Waals surface area contributed by atoms with Gasteiger partial charge in [-0.1, -0.05) is 118 Å². The van der Waals surface area contributed by atoms with Crippen molar-refractivity contribution in [3.05, 3.63) is 0 Å². The molecule has 33 heavy (non-hydrogen) atoms. The Kier molecular flexibility index (Phi) is 34.8. The van der Waals surface area contributed by atoms with E-state index < -0.39 is 7.82 Å². The van der Waals surface area contributed by atoms with Gasteiger partial charge in [-0.3, -0.25) is 9.05 Å². The maximum atomic E-state index is 11.9. The van der Waals surface area contributed by atoms with Crippen molar-refractivity contribution >= 4 is 45.6 Å². The van der Waals surface area contributed by atoms with Gasteiger partial charge in [-0.2, -0.15) is 0 Å². The van der Waals surface area contributed by atoms with Crippen LogP contribution in [0.4, 0.5) is 0 Å². The molecule has 0 bridgehead atoms. The molecule has 2 atom stereocenters. The van der Waals surface area contributed by atoms with Crippen LogP contribution in [0.5, 0.6) is 0 Å². The number of aliphatic hydroxyl groups excluding tert-OH is 1. The molecule has 0 rings (SSSR count). The molecule has 0 heterocycles. The average molecular weight is 523 g/mol. The van der Waals surface area contributed by atoms with Crippen molar-refractivity contribution < 1.29 is 23.6 Å². The molecule has 2 N–H and O–H groups in total. The number of phosphoric ester groups is 1. The van der Waals surface area contributed by atoms with E-state index in [4.69, 9.17) is 14.2 Å². The number of hydrogen-bond donors (Lipinski definition) is 2. The molecule has 200 valence electrons.